The van der Waals surface area contributed by atoms with E-state index in [0.29, 0.717) is 29.7 Å². The molecule has 0 fully saturated rings. The number of hydrogen-bond acceptors (Lipinski definition) is 3. The Hall–Kier alpha value is -1.39. The summed E-state index contributed by atoms with van der Waals surface area (Å²) in [7, 11) is 1.62. The van der Waals surface area contributed by atoms with Gasteiger partial charge in [0, 0.05) is 27.8 Å². The zero-order valence-electron chi connectivity index (χ0n) is 12.0. The average Bonchev–Trinajstić information content (AvgIpc) is 2.48. The molecule has 0 spiro atoms. The number of ether oxygens (including phenoxy) is 2. The summed E-state index contributed by atoms with van der Waals surface area (Å²) < 4.78 is 11.9. The second kappa shape index (κ2) is 7.57. The van der Waals surface area contributed by atoms with Crippen LogP contribution in [0.4, 0.5) is 5.69 Å². The van der Waals surface area contributed by atoms with Gasteiger partial charge in [-0.2, -0.15) is 0 Å². The van der Waals surface area contributed by atoms with E-state index in [1.807, 2.05) is 37.3 Å². The summed E-state index contributed by atoms with van der Waals surface area (Å²) in [5.41, 5.74) is 1.99. The van der Waals surface area contributed by atoms with Crippen molar-refractivity contribution in [2.75, 3.05) is 19.0 Å². The highest BCUT2D eigenvalue weighted by Gasteiger charge is 2.10. The molecule has 0 aromatic heterocycles. The Kier molecular flexibility index (Phi) is 5.76. The van der Waals surface area contributed by atoms with Crippen LogP contribution in [0.25, 0.3) is 0 Å². The standard InChI is InChI=1S/C16H17BrClNO2/c1-3-21-16-9-14(18)11(8-15(16)20-2)10-19-13-6-4-12(17)5-7-13/h4-9,19H,3,10H2,1-2H3. The number of methoxy groups -OCH3 is 1. The topological polar surface area (TPSA) is 30.5 Å². The van der Waals surface area contributed by atoms with Gasteiger partial charge in [0.25, 0.3) is 0 Å². The van der Waals surface area contributed by atoms with Crippen molar-refractivity contribution in [3.8, 4) is 11.5 Å². The van der Waals surface area contributed by atoms with Gasteiger partial charge in [-0.15, -0.1) is 0 Å². The van der Waals surface area contributed by atoms with Crippen LogP contribution in [0.1, 0.15) is 12.5 Å². The lowest BCUT2D eigenvalue weighted by atomic mass is 10.2. The van der Waals surface area contributed by atoms with Crippen LogP contribution in [0.15, 0.2) is 40.9 Å². The van der Waals surface area contributed by atoms with Crippen molar-refractivity contribution in [2.45, 2.75) is 13.5 Å². The van der Waals surface area contributed by atoms with E-state index < -0.39 is 0 Å². The van der Waals surface area contributed by atoms with Crippen molar-refractivity contribution >= 4 is 33.2 Å². The molecule has 2 rings (SSSR count). The molecule has 0 unspecified atom stereocenters. The predicted molar refractivity (Wildman–Crippen MR) is 90.6 cm³/mol. The van der Waals surface area contributed by atoms with Crippen LogP contribution in [-0.4, -0.2) is 13.7 Å². The van der Waals surface area contributed by atoms with Crippen LogP contribution in [-0.2, 0) is 6.54 Å². The van der Waals surface area contributed by atoms with E-state index >= 15 is 0 Å². The predicted octanol–water partition coefficient (Wildman–Crippen LogP) is 5.12. The molecule has 0 atom stereocenters. The molecule has 0 amide bonds. The van der Waals surface area contributed by atoms with Crippen molar-refractivity contribution in [1.82, 2.24) is 0 Å². The van der Waals surface area contributed by atoms with Gasteiger partial charge in [0.15, 0.2) is 11.5 Å². The van der Waals surface area contributed by atoms with E-state index in [2.05, 4.69) is 21.2 Å². The monoisotopic (exact) mass is 369 g/mol. The first kappa shape index (κ1) is 16.0. The van der Waals surface area contributed by atoms with Crippen molar-refractivity contribution in [2.24, 2.45) is 0 Å². The smallest absolute Gasteiger partial charge is 0.162 e. The Balaban J connectivity index is 2.14. The molecule has 0 aliphatic rings. The molecule has 0 bridgehead atoms. The fourth-order valence-corrected chi connectivity index (χ4v) is 2.39. The third-order valence-electron chi connectivity index (χ3n) is 2.96. The first-order chi connectivity index (χ1) is 10.1. The van der Waals surface area contributed by atoms with Gasteiger partial charge in [-0.3, -0.25) is 0 Å². The lowest BCUT2D eigenvalue weighted by Gasteiger charge is -2.14. The van der Waals surface area contributed by atoms with Gasteiger partial charge in [-0.05, 0) is 42.8 Å². The molecule has 2 aromatic carbocycles. The maximum Gasteiger partial charge on any atom is 0.162 e. The SMILES string of the molecule is CCOc1cc(Cl)c(CNc2ccc(Br)cc2)cc1OC. The van der Waals surface area contributed by atoms with E-state index in [4.69, 9.17) is 21.1 Å². The van der Waals surface area contributed by atoms with Gasteiger partial charge in [0.1, 0.15) is 0 Å². The van der Waals surface area contributed by atoms with Crippen molar-refractivity contribution in [3.63, 3.8) is 0 Å². The first-order valence-electron chi connectivity index (χ1n) is 6.62. The highest BCUT2D eigenvalue weighted by Crippen LogP contribution is 2.33. The Morgan fingerprint density at radius 3 is 2.48 bits per heavy atom. The summed E-state index contributed by atoms with van der Waals surface area (Å²) >= 11 is 9.72. The summed E-state index contributed by atoms with van der Waals surface area (Å²) in [6.45, 7) is 3.11. The quantitative estimate of drug-likeness (QED) is 0.765. The molecule has 3 nitrogen and oxygen atoms in total. The van der Waals surface area contributed by atoms with E-state index in [0.717, 1.165) is 15.7 Å². The molecule has 0 saturated heterocycles. The Bertz CT molecular complexity index is 602. The third kappa shape index (κ3) is 4.29. The lowest BCUT2D eigenvalue weighted by molar-refractivity contribution is 0.311. The number of nitrogens with one attached hydrogen (secondary N) is 1. The largest absolute Gasteiger partial charge is 0.493 e. The molecule has 0 radical (unpaired) electrons. The lowest BCUT2D eigenvalue weighted by Crippen LogP contribution is -2.02. The Labute approximate surface area is 138 Å². The molecule has 0 aliphatic carbocycles. The van der Waals surface area contributed by atoms with E-state index in [9.17, 15) is 0 Å². The highest BCUT2D eigenvalue weighted by atomic mass is 79.9. The molecular weight excluding hydrogens is 354 g/mol. The fourth-order valence-electron chi connectivity index (χ4n) is 1.91. The van der Waals surface area contributed by atoms with E-state index in [-0.39, 0.29) is 0 Å². The summed E-state index contributed by atoms with van der Waals surface area (Å²) in [6, 6.07) is 11.7. The van der Waals surface area contributed by atoms with Crippen molar-refractivity contribution < 1.29 is 9.47 Å². The second-order valence-electron chi connectivity index (χ2n) is 4.39. The molecular formula is C16H17BrClNO2. The molecule has 2 aromatic rings. The minimum Gasteiger partial charge on any atom is -0.493 e. The molecule has 0 saturated carbocycles. The fraction of sp³-hybridized carbons (Fsp3) is 0.250. The molecule has 5 heteroatoms. The Morgan fingerprint density at radius 1 is 1.14 bits per heavy atom. The van der Waals surface area contributed by atoms with Gasteiger partial charge in [0.2, 0.25) is 0 Å². The van der Waals surface area contributed by atoms with E-state index in [1.54, 1.807) is 13.2 Å². The number of benzene rings is 2. The molecule has 0 heterocycles. The molecule has 112 valence electrons. The summed E-state index contributed by atoms with van der Waals surface area (Å²) in [5, 5.41) is 3.99. The minimum absolute atomic E-state index is 0.573. The number of halogens is 2. The summed E-state index contributed by atoms with van der Waals surface area (Å²) in [5.74, 6) is 1.35. The average molecular weight is 371 g/mol. The van der Waals surface area contributed by atoms with Gasteiger partial charge in [-0.1, -0.05) is 27.5 Å². The van der Waals surface area contributed by atoms with Gasteiger partial charge < -0.3 is 14.8 Å². The van der Waals surface area contributed by atoms with Crippen LogP contribution in [0, 0.1) is 0 Å². The van der Waals surface area contributed by atoms with Gasteiger partial charge in [0.05, 0.1) is 13.7 Å². The summed E-state index contributed by atoms with van der Waals surface area (Å²) in [6.07, 6.45) is 0. The highest BCUT2D eigenvalue weighted by molar-refractivity contribution is 9.10. The van der Waals surface area contributed by atoms with Crippen molar-refractivity contribution in [1.29, 1.82) is 0 Å². The van der Waals surface area contributed by atoms with Crippen LogP contribution in [0.3, 0.4) is 0 Å². The maximum atomic E-state index is 6.30. The van der Waals surface area contributed by atoms with Crippen LogP contribution < -0.4 is 14.8 Å². The minimum atomic E-state index is 0.573. The van der Waals surface area contributed by atoms with Gasteiger partial charge in [-0.25, -0.2) is 0 Å². The second-order valence-corrected chi connectivity index (χ2v) is 5.71. The van der Waals surface area contributed by atoms with Crippen LogP contribution in [0.5, 0.6) is 11.5 Å². The van der Waals surface area contributed by atoms with Crippen molar-refractivity contribution in [3.05, 3.63) is 51.5 Å². The number of hydrogen-bond donors (Lipinski definition) is 1. The zero-order chi connectivity index (χ0) is 15.2. The zero-order valence-corrected chi connectivity index (χ0v) is 14.3. The molecule has 1 N–H and O–H groups in total. The van der Waals surface area contributed by atoms with E-state index in [1.165, 1.54) is 0 Å². The van der Waals surface area contributed by atoms with Gasteiger partial charge >= 0.3 is 0 Å². The molecule has 21 heavy (non-hydrogen) atoms. The number of anilines is 1. The summed E-state index contributed by atoms with van der Waals surface area (Å²) in [4.78, 5) is 0. The maximum absolute atomic E-state index is 6.30. The first-order valence-corrected chi connectivity index (χ1v) is 7.79. The molecule has 0 aliphatic heterocycles. The van der Waals surface area contributed by atoms with Crippen LogP contribution >= 0.6 is 27.5 Å². The Morgan fingerprint density at radius 2 is 1.86 bits per heavy atom. The third-order valence-corrected chi connectivity index (χ3v) is 3.84. The van der Waals surface area contributed by atoms with Crippen LogP contribution in [0.2, 0.25) is 5.02 Å². The number of rotatable bonds is 6. The normalized spacial score (nSPS) is 10.3.